The molecule has 1 aromatic carbocycles. The number of rotatable bonds is 8. The average Bonchev–Trinajstić information content (AvgIpc) is 2.32. The van der Waals surface area contributed by atoms with Crippen molar-refractivity contribution in [2.45, 2.75) is 65.8 Å². The van der Waals surface area contributed by atoms with Crippen LogP contribution in [0.3, 0.4) is 0 Å². The Morgan fingerprint density at radius 2 is 1.61 bits per heavy atom. The van der Waals surface area contributed by atoms with Gasteiger partial charge in [-0.15, -0.1) is 0 Å². The third kappa shape index (κ3) is 5.22. The lowest BCUT2D eigenvalue weighted by molar-refractivity contribution is 0.481. The Bertz CT molecular complexity index is 323. The fourth-order valence-electron chi connectivity index (χ4n) is 2.62. The maximum atomic E-state index is 3.63. The van der Waals surface area contributed by atoms with Gasteiger partial charge >= 0.3 is 0 Å². The smallest absolute Gasteiger partial charge is 0.0320 e. The van der Waals surface area contributed by atoms with Gasteiger partial charge in [0.2, 0.25) is 0 Å². The maximum Gasteiger partial charge on any atom is 0.0320 e. The number of nitrogens with one attached hydrogen (secondary N) is 1. The van der Waals surface area contributed by atoms with Gasteiger partial charge in [-0.05, 0) is 32.4 Å². The van der Waals surface area contributed by atoms with Crippen LogP contribution in [-0.2, 0) is 0 Å². The fourth-order valence-corrected chi connectivity index (χ4v) is 2.62. The molecule has 0 aromatic heterocycles. The van der Waals surface area contributed by atoms with E-state index in [1.54, 1.807) is 0 Å². The van der Waals surface area contributed by atoms with Gasteiger partial charge in [-0.3, -0.25) is 0 Å². The third-order valence-corrected chi connectivity index (χ3v) is 3.44. The highest BCUT2D eigenvalue weighted by atomic mass is 14.9. The molecular formula is C17H29N. The Labute approximate surface area is 113 Å². The molecule has 0 amide bonds. The van der Waals surface area contributed by atoms with Gasteiger partial charge in [-0.25, -0.2) is 0 Å². The lowest BCUT2D eigenvalue weighted by atomic mass is 9.97. The Morgan fingerprint density at radius 3 is 2.17 bits per heavy atom. The average molecular weight is 247 g/mol. The van der Waals surface area contributed by atoms with Crippen molar-refractivity contribution < 1.29 is 0 Å². The number of hydrogen-bond donors (Lipinski definition) is 1. The molecule has 18 heavy (non-hydrogen) atoms. The van der Waals surface area contributed by atoms with Crippen LogP contribution in [0.15, 0.2) is 18.2 Å². The minimum atomic E-state index is 0.533. The molecule has 0 saturated heterocycles. The highest BCUT2D eigenvalue weighted by Gasteiger charge is 2.10. The lowest BCUT2D eigenvalue weighted by Crippen LogP contribution is -2.21. The van der Waals surface area contributed by atoms with E-state index >= 15 is 0 Å². The largest absolute Gasteiger partial charge is 0.310 e. The predicted octanol–water partition coefficient (Wildman–Crippen LogP) is 4.92. The van der Waals surface area contributed by atoms with Gasteiger partial charge in [0.15, 0.2) is 0 Å². The molecule has 0 saturated carbocycles. The van der Waals surface area contributed by atoms with Crippen LogP contribution in [0.4, 0.5) is 0 Å². The first kappa shape index (κ1) is 15.2. The molecule has 0 spiro atoms. The Balaban J connectivity index is 2.64. The van der Waals surface area contributed by atoms with Crippen LogP contribution in [0.2, 0.25) is 0 Å². The van der Waals surface area contributed by atoms with E-state index in [4.69, 9.17) is 0 Å². The molecule has 0 heterocycles. The molecule has 0 fully saturated rings. The predicted molar refractivity (Wildman–Crippen MR) is 81.1 cm³/mol. The SMILES string of the molecule is CCCCCCC(NCC)c1cc(C)cc(C)c1. The first-order chi connectivity index (χ1) is 8.67. The zero-order chi connectivity index (χ0) is 13.4. The Kier molecular flexibility index (Phi) is 7.04. The molecule has 0 bridgehead atoms. The number of benzene rings is 1. The highest BCUT2D eigenvalue weighted by molar-refractivity contribution is 5.30. The monoisotopic (exact) mass is 247 g/mol. The lowest BCUT2D eigenvalue weighted by Gasteiger charge is -2.19. The second-order valence-electron chi connectivity index (χ2n) is 5.38. The number of unbranched alkanes of at least 4 members (excludes halogenated alkanes) is 3. The van der Waals surface area contributed by atoms with Gasteiger partial charge in [-0.1, -0.05) is 68.9 Å². The van der Waals surface area contributed by atoms with E-state index in [2.05, 4.69) is 51.2 Å². The zero-order valence-corrected chi connectivity index (χ0v) is 12.6. The van der Waals surface area contributed by atoms with Crippen LogP contribution >= 0.6 is 0 Å². The van der Waals surface area contributed by atoms with Gasteiger partial charge in [0.05, 0.1) is 0 Å². The molecular weight excluding hydrogens is 218 g/mol. The summed E-state index contributed by atoms with van der Waals surface area (Å²) in [7, 11) is 0. The molecule has 0 aliphatic heterocycles. The van der Waals surface area contributed by atoms with E-state index in [1.807, 2.05) is 0 Å². The number of aryl methyl sites for hydroxylation is 2. The minimum absolute atomic E-state index is 0.533. The summed E-state index contributed by atoms with van der Waals surface area (Å²) in [6.07, 6.45) is 6.64. The molecule has 1 unspecified atom stereocenters. The molecule has 1 atom stereocenters. The van der Waals surface area contributed by atoms with Crippen molar-refractivity contribution in [2.24, 2.45) is 0 Å². The molecule has 1 aromatic rings. The summed E-state index contributed by atoms with van der Waals surface area (Å²) in [6, 6.07) is 7.45. The summed E-state index contributed by atoms with van der Waals surface area (Å²) in [5, 5.41) is 3.63. The van der Waals surface area contributed by atoms with Crippen molar-refractivity contribution in [1.82, 2.24) is 5.32 Å². The summed E-state index contributed by atoms with van der Waals surface area (Å²) in [5.41, 5.74) is 4.22. The molecule has 1 nitrogen and oxygen atoms in total. The maximum absolute atomic E-state index is 3.63. The summed E-state index contributed by atoms with van der Waals surface area (Å²) < 4.78 is 0. The topological polar surface area (TPSA) is 12.0 Å². The molecule has 1 heteroatoms. The van der Waals surface area contributed by atoms with Crippen molar-refractivity contribution in [2.75, 3.05) is 6.54 Å². The molecule has 0 aliphatic carbocycles. The van der Waals surface area contributed by atoms with E-state index in [0.717, 1.165) is 6.54 Å². The van der Waals surface area contributed by atoms with Gasteiger partial charge in [-0.2, -0.15) is 0 Å². The van der Waals surface area contributed by atoms with Crippen molar-refractivity contribution in [3.63, 3.8) is 0 Å². The zero-order valence-electron chi connectivity index (χ0n) is 12.6. The second kappa shape index (κ2) is 8.31. The molecule has 0 aliphatic rings. The molecule has 1 N–H and O–H groups in total. The van der Waals surface area contributed by atoms with E-state index in [-0.39, 0.29) is 0 Å². The van der Waals surface area contributed by atoms with Gasteiger partial charge in [0.25, 0.3) is 0 Å². The number of hydrogen-bond acceptors (Lipinski definition) is 1. The van der Waals surface area contributed by atoms with Crippen LogP contribution in [0.25, 0.3) is 0 Å². The summed E-state index contributed by atoms with van der Waals surface area (Å²) >= 11 is 0. The standard InChI is InChI=1S/C17H29N/c1-5-7-8-9-10-17(18-6-2)16-12-14(3)11-15(4)13-16/h11-13,17-18H,5-10H2,1-4H3. The molecule has 102 valence electrons. The van der Waals surface area contributed by atoms with Crippen LogP contribution < -0.4 is 5.32 Å². The van der Waals surface area contributed by atoms with E-state index < -0.39 is 0 Å². The van der Waals surface area contributed by atoms with Crippen molar-refractivity contribution in [3.8, 4) is 0 Å². The van der Waals surface area contributed by atoms with Crippen molar-refractivity contribution in [1.29, 1.82) is 0 Å². The summed E-state index contributed by atoms with van der Waals surface area (Å²) in [6.45, 7) is 9.89. The van der Waals surface area contributed by atoms with Gasteiger partial charge < -0.3 is 5.32 Å². The third-order valence-electron chi connectivity index (χ3n) is 3.44. The van der Waals surface area contributed by atoms with Crippen LogP contribution in [-0.4, -0.2) is 6.54 Å². The van der Waals surface area contributed by atoms with Crippen molar-refractivity contribution >= 4 is 0 Å². The second-order valence-corrected chi connectivity index (χ2v) is 5.38. The minimum Gasteiger partial charge on any atom is -0.310 e. The molecule has 0 radical (unpaired) electrons. The highest BCUT2D eigenvalue weighted by Crippen LogP contribution is 2.22. The quantitative estimate of drug-likeness (QED) is 0.643. The van der Waals surface area contributed by atoms with Crippen LogP contribution in [0.1, 0.15) is 68.7 Å². The van der Waals surface area contributed by atoms with E-state index in [0.29, 0.717) is 6.04 Å². The summed E-state index contributed by atoms with van der Waals surface area (Å²) in [4.78, 5) is 0. The van der Waals surface area contributed by atoms with Crippen LogP contribution in [0, 0.1) is 13.8 Å². The van der Waals surface area contributed by atoms with Crippen LogP contribution in [0.5, 0.6) is 0 Å². The normalized spacial score (nSPS) is 12.7. The van der Waals surface area contributed by atoms with E-state index in [1.165, 1.54) is 48.8 Å². The van der Waals surface area contributed by atoms with Gasteiger partial charge in [0.1, 0.15) is 0 Å². The first-order valence-electron chi connectivity index (χ1n) is 7.49. The summed E-state index contributed by atoms with van der Waals surface area (Å²) in [5.74, 6) is 0. The first-order valence-corrected chi connectivity index (χ1v) is 7.49. The fraction of sp³-hybridized carbons (Fsp3) is 0.647. The van der Waals surface area contributed by atoms with Gasteiger partial charge in [0, 0.05) is 6.04 Å². The van der Waals surface area contributed by atoms with Crippen molar-refractivity contribution in [3.05, 3.63) is 34.9 Å². The Morgan fingerprint density at radius 1 is 0.944 bits per heavy atom. The van der Waals surface area contributed by atoms with E-state index in [9.17, 15) is 0 Å². The Hall–Kier alpha value is -0.820. The molecule has 1 rings (SSSR count).